The lowest BCUT2D eigenvalue weighted by molar-refractivity contribution is 0.186. The first kappa shape index (κ1) is 14.3. The molecule has 4 heteroatoms. The second-order valence-electron chi connectivity index (χ2n) is 4.62. The molecule has 20 heavy (non-hydrogen) atoms. The second kappa shape index (κ2) is 6.39. The summed E-state index contributed by atoms with van der Waals surface area (Å²) in [5.41, 5.74) is 2.14. The van der Waals surface area contributed by atoms with Crippen LogP contribution in [0.1, 0.15) is 17.2 Å². The van der Waals surface area contributed by atoms with E-state index in [-0.39, 0.29) is 12.1 Å². The first-order valence-electron chi connectivity index (χ1n) is 6.43. The Morgan fingerprint density at radius 3 is 2.70 bits per heavy atom. The van der Waals surface area contributed by atoms with E-state index < -0.39 is 11.9 Å². The van der Waals surface area contributed by atoms with E-state index in [0.717, 1.165) is 11.3 Å². The predicted molar refractivity (Wildman–Crippen MR) is 77.6 cm³/mol. The SMILES string of the molecule is COc1ccc(C)cc1NCC(O)c1ccccc1F. The number of methoxy groups -OCH3 is 1. The van der Waals surface area contributed by atoms with Crippen molar-refractivity contribution in [2.75, 3.05) is 19.0 Å². The molecule has 0 bridgehead atoms. The van der Waals surface area contributed by atoms with Crippen molar-refractivity contribution in [2.24, 2.45) is 0 Å². The van der Waals surface area contributed by atoms with Crippen molar-refractivity contribution in [3.8, 4) is 5.75 Å². The molecule has 1 unspecified atom stereocenters. The predicted octanol–water partition coefficient (Wildman–Crippen LogP) is 3.29. The van der Waals surface area contributed by atoms with Gasteiger partial charge < -0.3 is 15.2 Å². The molecular formula is C16H18FNO2. The number of aliphatic hydroxyl groups is 1. The van der Waals surface area contributed by atoms with Gasteiger partial charge in [0.15, 0.2) is 0 Å². The maximum atomic E-state index is 13.6. The van der Waals surface area contributed by atoms with Crippen molar-refractivity contribution in [1.82, 2.24) is 0 Å². The van der Waals surface area contributed by atoms with Crippen molar-refractivity contribution in [1.29, 1.82) is 0 Å². The van der Waals surface area contributed by atoms with Crippen molar-refractivity contribution >= 4 is 5.69 Å². The van der Waals surface area contributed by atoms with Crippen molar-refractivity contribution in [3.63, 3.8) is 0 Å². The summed E-state index contributed by atoms with van der Waals surface area (Å²) in [6.45, 7) is 2.18. The van der Waals surface area contributed by atoms with Crippen molar-refractivity contribution < 1.29 is 14.2 Å². The zero-order valence-electron chi connectivity index (χ0n) is 11.6. The molecule has 0 radical (unpaired) electrons. The number of nitrogens with one attached hydrogen (secondary N) is 1. The minimum Gasteiger partial charge on any atom is -0.495 e. The van der Waals surface area contributed by atoms with Crippen molar-refractivity contribution in [3.05, 3.63) is 59.4 Å². The van der Waals surface area contributed by atoms with Gasteiger partial charge in [-0.25, -0.2) is 4.39 Å². The highest BCUT2D eigenvalue weighted by Gasteiger charge is 2.12. The number of aryl methyl sites for hydroxylation is 1. The molecule has 0 spiro atoms. The molecule has 2 rings (SSSR count). The van der Waals surface area contributed by atoms with E-state index in [0.29, 0.717) is 5.75 Å². The van der Waals surface area contributed by atoms with Crippen LogP contribution in [0.5, 0.6) is 5.75 Å². The number of hydrogen-bond donors (Lipinski definition) is 2. The minimum atomic E-state index is -0.915. The Labute approximate surface area is 118 Å². The molecule has 3 nitrogen and oxygen atoms in total. The summed E-state index contributed by atoms with van der Waals surface area (Å²) in [4.78, 5) is 0. The van der Waals surface area contributed by atoms with Gasteiger partial charge in [-0.2, -0.15) is 0 Å². The molecule has 0 fully saturated rings. The summed E-state index contributed by atoms with van der Waals surface area (Å²) in [5, 5.41) is 13.1. The third-order valence-corrected chi connectivity index (χ3v) is 3.11. The van der Waals surface area contributed by atoms with Gasteiger partial charge in [-0.3, -0.25) is 0 Å². The second-order valence-corrected chi connectivity index (χ2v) is 4.62. The minimum absolute atomic E-state index is 0.209. The molecule has 106 valence electrons. The normalized spacial score (nSPS) is 12.0. The van der Waals surface area contributed by atoms with E-state index in [1.165, 1.54) is 6.07 Å². The number of ether oxygens (including phenoxy) is 1. The molecule has 0 aliphatic rings. The van der Waals surface area contributed by atoms with Crippen molar-refractivity contribution in [2.45, 2.75) is 13.0 Å². The monoisotopic (exact) mass is 275 g/mol. The molecular weight excluding hydrogens is 257 g/mol. The topological polar surface area (TPSA) is 41.5 Å². The lowest BCUT2D eigenvalue weighted by Gasteiger charge is -2.16. The first-order valence-corrected chi connectivity index (χ1v) is 6.43. The van der Waals surface area contributed by atoms with Crippen LogP contribution in [-0.2, 0) is 0 Å². The average molecular weight is 275 g/mol. The summed E-state index contributed by atoms with van der Waals surface area (Å²) in [5.74, 6) is 0.286. The van der Waals surface area contributed by atoms with Crippen LogP contribution >= 0.6 is 0 Å². The number of aliphatic hydroxyl groups excluding tert-OH is 1. The maximum absolute atomic E-state index is 13.6. The Hall–Kier alpha value is -2.07. The summed E-state index contributed by atoms with van der Waals surface area (Å²) >= 11 is 0. The highest BCUT2D eigenvalue weighted by atomic mass is 19.1. The van der Waals surface area contributed by atoms with E-state index in [2.05, 4.69) is 5.32 Å². The molecule has 0 aliphatic carbocycles. The highest BCUT2D eigenvalue weighted by molar-refractivity contribution is 5.58. The Bertz CT molecular complexity index is 586. The molecule has 0 aliphatic heterocycles. The number of benzene rings is 2. The summed E-state index contributed by atoms with van der Waals surface area (Å²) < 4.78 is 18.8. The molecule has 1 atom stereocenters. The Balaban J connectivity index is 2.09. The number of hydrogen-bond acceptors (Lipinski definition) is 3. The summed E-state index contributed by atoms with van der Waals surface area (Å²) in [7, 11) is 1.59. The number of rotatable bonds is 5. The van der Waals surface area contributed by atoms with Crippen LogP contribution in [-0.4, -0.2) is 18.8 Å². The van der Waals surface area contributed by atoms with Gasteiger partial charge in [0.1, 0.15) is 11.6 Å². The Morgan fingerprint density at radius 2 is 2.00 bits per heavy atom. The number of halogens is 1. The van der Waals surface area contributed by atoms with Gasteiger partial charge in [0, 0.05) is 12.1 Å². The van der Waals surface area contributed by atoms with Crippen LogP contribution in [0.25, 0.3) is 0 Å². The summed E-state index contributed by atoms with van der Waals surface area (Å²) in [6, 6.07) is 11.9. The van der Waals surface area contributed by atoms with Crippen LogP contribution in [0.3, 0.4) is 0 Å². The van der Waals surface area contributed by atoms with Gasteiger partial charge in [-0.05, 0) is 30.7 Å². The smallest absolute Gasteiger partial charge is 0.141 e. The lowest BCUT2D eigenvalue weighted by atomic mass is 10.1. The molecule has 0 amide bonds. The Kier molecular flexibility index (Phi) is 4.58. The highest BCUT2D eigenvalue weighted by Crippen LogP contribution is 2.26. The zero-order chi connectivity index (χ0) is 14.5. The molecule has 0 saturated heterocycles. The molecule has 0 aromatic heterocycles. The van der Waals surface area contributed by atoms with Gasteiger partial charge >= 0.3 is 0 Å². The van der Waals surface area contributed by atoms with Gasteiger partial charge in [0.05, 0.1) is 18.9 Å². The zero-order valence-corrected chi connectivity index (χ0v) is 11.6. The van der Waals surface area contributed by atoms with E-state index in [4.69, 9.17) is 4.74 Å². The molecule has 0 saturated carbocycles. The van der Waals surface area contributed by atoms with Crippen LogP contribution in [0, 0.1) is 12.7 Å². The van der Waals surface area contributed by atoms with E-state index >= 15 is 0 Å². The Morgan fingerprint density at radius 1 is 1.25 bits per heavy atom. The molecule has 0 heterocycles. The van der Waals surface area contributed by atoms with Gasteiger partial charge in [-0.1, -0.05) is 24.3 Å². The maximum Gasteiger partial charge on any atom is 0.141 e. The summed E-state index contributed by atoms with van der Waals surface area (Å²) in [6.07, 6.45) is -0.915. The van der Waals surface area contributed by atoms with Crippen LogP contribution in [0.2, 0.25) is 0 Å². The third-order valence-electron chi connectivity index (χ3n) is 3.11. The van der Waals surface area contributed by atoms with Gasteiger partial charge in [0.2, 0.25) is 0 Å². The van der Waals surface area contributed by atoms with Crippen LogP contribution in [0.15, 0.2) is 42.5 Å². The van der Waals surface area contributed by atoms with E-state index in [1.54, 1.807) is 25.3 Å². The fourth-order valence-corrected chi connectivity index (χ4v) is 2.02. The first-order chi connectivity index (χ1) is 9.61. The molecule has 2 aromatic carbocycles. The lowest BCUT2D eigenvalue weighted by Crippen LogP contribution is -2.14. The van der Waals surface area contributed by atoms with E-state index in [1.807, 2.05) is 25.1 Å². The largest absolute Gasteiger partial charge is 0.495 e. The number of anilines is 1. The standard InChI is InChI=1S/C16H18FNO2/c1-11-7-8-16(20-2)14(9-11)18-10-15(19)12-5-3-4-6-13(12)17/h3-9,15,18-19H,10H2,1-2H3. The molecule has 2 aromatic rings. The van der Waals surface area contributed by atoms with Crippen LogP contribution in [0.4, 0.5) is 10.1 Å². The van der Waals surface area contributed by atoms with Gasteiger partial charge in [-0.15, -0.1) is 0 Å². The van der Waals surface area contributed by atoms with E-state index in [9.17, 15) is 9.50 Å². The third kappa shape index (κ3) is 3.27. The fourth-order valence-electron chi connectivity index (χ4n) is 2.02. The quantitative estimate of drug-likeness (QED) is 0.879. The average Bonchev–Trinajstić information content (AvgIpc) is 2.45. The molecule has 2 N–H and O–H groups in total. The van der Waals surface area contributed by atoms with Crippen LogP contribution < -0.4 is 10.1 Å². The fraction of sp³-hybridized carbons (Fsp3) is 0.250. The van der Waals surface area contributed by atoms with Gasteiger partial charge in [0.25, 0.3) is 0 Å².